The Kier molecular flexibility index (Phi) is 4.14. The van der Waals surface area contributed by atoms with Crippen LogP contribution in [-0.2, 0) is 0 Å². The van der Waals surface area contributed by atoms with Crippen molar-refractivity contribution in [2.24, 2.45) is 0 Å². The first-order chi connectivity index (χ1) is 12.6. The van der Waals surface area contributed by atoms with E-state index in [0.29, 0.717) is 33.4 Å². The first kappa shape index (κ1) is 16.3. The number of oxazole rings is 1. The van der Waals surface area contributed by atoms with Gasteiger partial charge in [0.2, 0.25) is 5.89 Å². The van der Waals surface area contributed by atoms with Crippen molar-refractivity contribution in [3.8, 4) is 11.5 Å². The van der Waals surface area contributed by atoms with Crippen molar-refractivity contribution in [3.63, 3.8) is 0 Å². The summed E-state index contributed by atoms with van der Waals surface area (Å²) in [5, 5.41) is 3.51. The number of nitrogens with one attached hydrogen (secondary N) is 1. The molecule has 128 valence electrons. The highest BCUT2D eigenvalue weighted by atomic mass is 35.5. The van der Waals surface area contributed by atoms with Gasteiger partial charge in [-0.05, 0) is 61.0 Å². The van der Waals surface area contributed by atoms with E-state index in [-0.39, 0.29) is 5.91 Å². The maximum absolute atomic E-state index is 12.5. The lowest BCUT2D eigenvalue weighted by molar-refractivity contribution is 0.102. The second-order valence-corrected chi connectivity index (χ2v) is 6.22. The Morgan fingerprint density at radius 1 is 1.08 bits per heavy atom. The summed E-state index contributed by atoms with van der Waals surface area (Å²) in [5.41, 5.74) is 4.07. The number of benzene rings is 2. The van der Waals surface area contributed by atoms with Crippen LogP contribution in [0.25, 0.3) is 22.7 Å². The summed E-state index contributed by atoms with van der Waals surface area (Å²) < 4.78 is 5.79. The molecular formula is C20H14ClN3O2. The minimum absolute atomic E-state index is 0.207. The molecule has 0 fully saturated rings. The zero-order valence-electron chi connectivity index (χ0n) is 13.9. The van der Waals surface area contributed by atoms with Gasteiger partial charge in [-0.2, -0.15) is 4.98 Å². The van der Waals surface area contributed by atoms with Gasteiger partial charge in [-0.25, -0.2) is 4.98 Å². The number of nitrogens with zero attached hydrogens (tertiary/aromatic N) is 2. The molecule has 26 heavy (non-hydrogen) atoms. The lowest BCUT2D eigenvalue weighted by atomic mass is 10.1. The monoisotopic (exact) mass is 363 g/mol. The predicted octanol–water partition coefficient (Wildman–Crippen LogP) is 5.10. The first-order valence-electron chi connectivity index (χ1n) is 8.00. The zero-order chi connectivity index (χ0) is 18.1. The Labute approximate surface area is 154 Å². The maximum atomic E-state index is 12.5. The van der Waals surface area contributed by atoms with Crippen LogP contribution in [0.2, 0.25) is 5.02 Å². The molecule has 0 spiro atoms. The second kappa shape index (κ2) is 6.61. The fraction of sp³-hybridized carbons (Fsp3) is 0.0500. The highest BCUT2D eigenvalue weighted by molar-refractivity contribution is 6.30. The first-order valence-corrected chi connectivity index (χ1v) is 8.38. The van der Waals surface area contributed by atoms with Crippen molar-refractivity contribution in [2.75, 3.05) is 5.32 Å². The van der Waals surface area contributed by atoms with Crippen LogP contribution in [0.1, 0.15) is 15.9 Å². The third-order valence-corrected chi connectivity index (χ3v) is 4.34. The molecule has 2 aromatic carbocycles. The Morgan fingerprint density at radius 2 is 1.88 bits per heavy atom. The fourth-order valence-corrected chi connectivity index (χ4v) is 2.81. The van der Waals surface area contributed by atoms with Crippen LogP contribution >= 0.6 is 11.6 Å². The number of carbonyl (C=O) groups excluding carboxylic acids is 1. The summed E-state index contributed by atoms with van der Waals surface area (Å²) in [5.74, 6) is 0.264. The lowest BCUT2D eigenvalue weighted by Gasteiger charge is -2.11. The molecule has 0 bridgehead atoms. The number of anilines is 1. The van der Waals surface area contributed by atoms with Gasteiger partial charge in [0, 0.05) is 28.0 Å². The fourth-order valence-electron chi connectivity index (χ4n) is 2.68. The molecule has 0 aliphatic rings. The largest absolute Gasteiger partial charge is 0.434 e. The highest BCUT2D eigenvalue weighted by Gasteiger charge is 2.15. The Balaban J connectivity index is 1.67. The van der Waals surface area contributed by atoms with Crippen LogP contribution in [0, 0.1) is 6.92 Å². The van der Waals surface area contributed by atoms with Gasteiger partial charge in [-0.15, -0.1) is 0 Å². The van der Waals surface area contributed by atoms with E-state index in [1.807, 2.05) is 31.2 Å². The van der Waals surface area contributed by atoms with Crippen molar-refractivity contribution < 1.29 is 9.21 Å². The predicted molar refractivity (Wildman–Crippen MR) is 101 cm³/mol. The number of fused-ring (bicyclic) bond motifs is 1. The molecule has 0 atom stereocenters. The quantitative estimate of drug-likeness (QED) is 0.549. The average Bonchev–Trinajstić information content (AvgIpc) is 3.08. The third kappa shape index (κ3) is 3.05. The number of carbonyl (C=O) groups is 1. The number of amides is 1. The standard InChI is InChI=1S/C20H14ClN3O2/c1-12-15(20-24-18-17(26-20)6-3-11-22-18)4-2-5-16(12)23-19(25)13-7-9-14(21)10-8-13/h2-11H,1H3,(H,23,25). The Hall–Kier alpha value is -3.18. The molecule has 4 rings (SSSR count). The van der Waals surface area contributed by atoms with E-state index in [1.165, 1.54) is 0 Å². The molecule has 0 saturated heterocycles. The van der Waals surface area contributed by atoms with E-state index in [0.717, 1.165) is 11.1 Å². The van der Waals surface area contributed by atoms with Gasteiger partial charge in [0.05, 0.1) is 0 Å². The molecule has 1 N–H and O–H groups in total. The zero-order valence-corrected chi connectivity index (χ0v) is 14.6. The summed E-state index contributed by atoms with van der Waals surface area (Å²) in [6.45, 7) is 1.91. The SMILES string of the molecule is Cc1c(NC(=O)c2ccc(Cl)cc2)cccc1-c1nc2ncccc2o1. The number of hydrogen-bond acceptors (Lipinski definition) is 4. The van der Waals surface area contributed by atoms with Crippen molar-refractivity contribution in [1.82, 2.24) is 9.97 Å². The van der Waals surface area contributed by atoms with Crippen LogP contribution < -0.4 is 5.32 Å². The van der Waals surface area contributed by atoms with Crippen LogP contribution in [0.5, 0.6) is 0 Å². The van der Waals surface area contributed by atoms with Crippen LogP contribution in [0.3, 0.4) is 0 Å². The van der Waals surface area contributed by atoms with E-state index >= 15 is 0 Å². The van der Waals surface area contributed by atoms with E-state index in [9.17, 15) is 4.79 Å². The molecule has 4 aromatic rings. The van der Waals surface area contributed by atoms with E-state index < -0.39 is 0 Å². The van der Waals surface area contributed by atoms with Gasteiger partial charge in [0.25, 0.3) is 5.91 Å². The average molecular weight is 364 g/mol. The van der Waals surface area contributed by atoms with Gasteiger partial charge in [0.1, 0.15) is 0 Å². The molecule has 0 radical (unpaired) electrons. The molecule has 5 nitrogen and oxygen atoms in total. The van der Waals surface area contributed by atoms with Gasteiger partial charge in [-0.1, -0.05) is 17.7 Å². The van der Waals surface area contributed by atoms with Crippen LogP contribution in [0.4, 0.5) is 5.69 Å². The summed E-state index contributed by atoms with van der Waals surface area (Å²) in [6, 6.07) is 15.9. The van der Waals surface area contributed by atoms with Gasteiger partial charge in [-0.3, -0.25) is 4.79 Å². The third-order valence-electron chi connectivity index (χ3n) is 4.08. The minimum atomic E-state index is -0.207. The maximum Gasteiger partial charge on any atom is 0.255 e. The Morgan fingerprint density at radius 3 is 2.65 bits per heavy atom. The van der Waals surface area contributed by atoms with E-state index in [1.54, 1.807) is 36.5 Å². The van der Waals surface area contributed by atoms with Gasteiger partial charge < -0.3 is 9.73 Å². The van der Waals surface area contributed by atoms with Crippen LogP contribution in [-0.4, -0.2) is 15.9 Å². The molecular weight excluding hydrogens is 350 g/mol. The van der Waals surface area contributed by atoms with Gasteiger partial charge in [0.15, 0.2) is 11.2 Å². The molecule has 0 saturated carbocycles. The molecule has 0 aliphatic carbocycles. The minimum Gasteiger partial charge on any atom is -0.434 e. The number of pyridine rings is 1. The number of aromatic nitrogens is 2. The summed E-state index contributed by atoms with van der Waals surface area (Å²) >= 11 is 5.87. The van der Waals surface area contributed by atoms with Crippen molar-refractivity contribution in [2.45, 2.75) is 6.92 Å². The lowest BCUT2D eigenvalue weighted by Crippen LogP contribution is -2.12. The van der Waals surface area contributed by atoms with Crippen LogP contribution in [0.15, 0.2) is 65.2 Å². The molecule has 0 unspecified atom stereocenters. The number of halogens is 1. The Bertz CT molecular complexity index is 1070. The van der Waals surface area contributed by atoms with E-state index in [2.05, 4.69) is 15.3 Å². The summed E-state index contributed by atoms with van der Waals surface area (Å²) in [4.78, 5) is 21.1. The molecule has 2 heterocycles. The normalized spacial score (nSPS) is 10.8. The summed E-state index contributed by atoms with van der Waals surface area (Å²) in [6.07, 6.45) is 1.67. The smallest absolute Gasteiger partial charge is 0.255 e. The van der Waals surface area contributed by atoms with Crippen molar-refractivity contribution in [1.29, 1.82) is 0 Å². The van der Waals surface area contributed by atoms with Crippen molar-refractivity contribution in [3.05, 3.63) is 76.9 Å². The van der Waals surface area contributed by atoms with Gasteiger partial charge >= 0.3 is 0 Å². The second-order valence-electron chi connectivity index (χ2n) is 5.78. The topological polar surface area (TPSA) is 68.0 Å². The molecule has 1 amide bonds. The summed E-state index contributed by atoms with van der Waals surface area (Å²) in [7, 11) is 0. The highest BCUT2D eigenvalue weighted by Crippen LogP contribution is 2.30. The van der Waals surface area contributed by atoms with E-state index in [4.69, 9.17) is 16.0 Å². The number of rotatable bonds is 3. The van der Waals surface area contributed by atoms with Crippen molar-refractivity contribution >= 4 is 34.4 Å². The molecule has 0 aliphatic heterocycles. The number of hydrogen-bond donors (Lipinski definition) is 1. The molecule has 2 aromatic heterocycles. The molecule has 6 heteroatoms.